The number of carbonyl (C=O) groups is 2. The minimum absolute atomic E-state index is 0.0440. The molecule has 0 spiro atoms. The fourth-order valence-electron chi connectivity index (χ4n) is 3.87. The third kappa shape index (κ3) is 5.19. The number of amides is 2. The quantitative estimate of drug-likeness (QED) is 0.503. The van der Waals surface area contributed by atoms with Crippen LogP contribution in [0.2, 0.25) is 0 Å². The zero-order valence-electron chi connectivity index (χ0n) is 19.7. The first-order valence-corrected chi connectivity index (χ1v) is 11.3. The number of aromatic nitrogens is 1. The van der Waals surface area contributed by atoms with Crippen LogP contribution in [0.1, 0.15) is 28.4 Å². The maximum Gasteiger partial charge on any atom is 0.251 e. The lowest BCUT2D eigenvalue weighted by Crippen LogP contribution is -2.34. The number of para-hydroxylation sites is 1. The van der Waals surface area contributed by atoms with Crippen molar-refractivity contribution < 1.29 is 9.59 Å². The molecule has 0 bridgehead atoms. The Kier molecular flexibility index (Phi) is 6.87. The largest absolute Gasteiger partial charge is 0.403 e. The van der Waals surface area contributed by atoms with E-state index in [1.54, 1.807) is 29.4 Å². The third-order valence-electron chi connectivity index (χ3n) is 5.79. The van der Waals surface area contributed by atoms with E-state index in [0.29, 0.717) is 28.9 Å². The van der Waals surface area contributed by atoms with Gasteiger partial charge in [0.05, 0.1) is 29.5 Å². The van der Waals surface area contributed by atoms with E-state index in [1.165, 1.54) is 12.4 Å². The number of pyridine rings is 1. The fourth-order valence-corrected chi connectivity index (χ4v) is 3.87. The molecule has 176 valence electrons. The standard InChI is InChI=1S/C28H27N5O2/c1-18-8-9-25(31-16-18)22-12-23(28(35)32-20(3)19(2)17-30-11-10-29)14-24(13-22)33-26-7-5-4-6-21(26)15-27(33)34/h4-14,16-17,20H,2,15,29H2,1,3H3,(H,32,35)/b11-10-,30-17?. The highest BCUT2D eigenvalue weighted by molar-refractivity contribution is 6.08. The molecule has 7 heteroatoms. The van der Waals surface area contributed by atoms with Crippen molar-refractivity contribution in [2.75, 3.05) is 4.90 Å². The molecule has 1 unspecified atom stereocenters. The maximum absolute atomic E-state index is 13.3. The van der Waals surface area contributed by atoms with Gasteiger partial charge in [0, 0.05) is 35.9 Å². The second-order valence-corrected chi connectivity index (χ2v) is 8.41. The molecule has 0 saturated carbocycles. The molecule has 4 rings (SSSR count). The van der Waals surface area contributed by atoms with Crippen LogP contribution in [-0.4, -0.2) is 29.1 Å². The molecule has 3 aromatic rings. The van der Waals surface area contributed by atoms with Gasteiger partial charge in [0.15, 0.2) is 0 Å². The van der Waals surface area contributed by atoms with Crippen LogP contribution in [0.3, 0.4) is 0 Å². The average Bonchev–Trinajstić information content (AvgIpc) is 3.19. The minimum Gasteiger partial charge on any atom is -0.403 e. The van der Waals surface area contributed by atoms with E-state index >= 15 is 0 Å². The maximum atomic E-state index is 13.3. The molecule has 7 nitrogen and oxygen atoms in total. The average molecular weight is 466 g/mol. The Morgan fingerprint density at radius 2 is 2.03 bits per heavy atom. The molecular weight excluding hydrogens is 438 g/mol. The zero-order valence-corrected chi connectivity index (χ0v) is 19.7. The normalized spacial score (nSPS) is 13.9. The van der Waals surface area contributed by atoms with Gasteiger partial charge in [-0.2, -0.15) is 0 Å². The predicted molar refractivity (Wildman–Crippen MR) is 140 cm³/mol. The molecule has 2 amide bonds. The van der Waals surface area contributed by atoms with Crippen molar-refractivity contribution in [3.05, 3.63) is 102 Å². The number of aryl methyl sites for hydroxylation is 1. The number of rotatable bonds is 7. The van der Waals surface area contributed by atoms with Crippen LogP contribution in [0.25, 0.3) is 11.3 Å². The number of nitrogens with one attached hydrogen (secondary N) is 1. The highest BCUT2D eigenvalue weighted by Crippen LogP contribution is 2.37. The van der Waals surface area contributed by atoms with Gasteiger partial charge in [-0.05, 0) is 60.9 Å². The lowest BCUT2D eigenvalue weighted by atomic mass is 10.0. The smallest absolute Gasteiger partial charge is 0.251 e. The highest BCUT2D eigenvalue weighted by Gasteiger charge is 2.29. The van der Waals surface area contributed by atoms with E-state index < -0.39 is 0 Å². The Balaban J connectivity index is 1.72. The number of fused-ring (bicyclic) bond motifs is 1. The van der Waals surface area contributed by atoms with Crippen LogP contribution >= 0.6 is 0 Å². The second-order valence-electron chi connectivity index (χ2n) is 8.41. The summed E-state index contributed by atoms with van der Waals surface area (Å²) in [6.07, 6.45) is 6.40. The summed E-state index contributed by atoms with van der Waals surface area (Å²) in [5.74, 6) is -0.339. The Hall–Kier alpha value is -4.52. The molecule has 1 aliphatic rings. The Morgan fingerprint density at radius 3 is 2.77 bits per heavy atom. The van der Waals surface area contributed by atoms with Gasteiger partial charge in [0.1, 0.15) is 0 Å². The Bertz CT molecular complexity index is 1340. The molecule has 0 fully saturated rings. The van der Waals surface area contributed by atoms with Crippen LogP contribution in [0.15, 0.2) is 90.3 Å². The molecule has 3 N–H and O–H groups in total. The molecule has 1 aliphatic heterocycles. The SMILES string of the molecule is C=C(C=N/C=C\N)C(C)NC(=O)c1cc(-c2ccc(C)cn2)cc(N2C(=O)Cc3ccccc32)c1. The summed E-state index contributed by atoms with van der Waals surface area (Å²) in [5, 5.41) is 2.95. The summed E-state index contributed by atoms with van der Waals surface area (Å²) >= 11 is 0. The number of anilines is 2. The van der Waals surface area contributed by atoms with Crippen LogP contribution in [0, 0.1) is 6.92 Å². The van der Waals surface area contributed by atoms with Crippen molar-refractivity contribution in [1.82, 2.24) is 10.3 Å². The molecule has 1 aromatic heterocycles. The Morgan fingerprint density at radius 1 is 1.23 bits per heavy atom. The first kappa shape index (κ1) is 23.6. The van der Waals surface area contributed by atoms with Crippen LogP contribution in [0.5, 0.6) is 0 Å². The number of aliphatic imine (C=N–C) groups is 1. The van der Waals surface area contributed by atoms with Gasteiger partial charge in [0.25, 0.3) is 5.91 Å². The van der Waals surface area contributed by atoms with E-state index in [9.17, 15) is 9.59 Å². The zero-order chi connectivity index (χ0) is 24.9. The van der Waals surface area contributed by atoms with Crippen molar-refractivity contribution in [3.8, 4) is 11.3 Å². The van der Waals surface area contributed by atoms with Gasteiger partial charge in [-0.25, -0.2) is 0 Å². The molecule has 0 aliphatic carbocycles. The first-order valence-electron chi connectivity index (χ1n) is 11.3. The van der Waals surface area contributed by atoms with Gasteiger partial charge in [-0.1, -0.05) is 30.8 Å². The number of carbonyl (C=O) groups excluding carboxylic acids is 2. The minimum atomic E-state index is -0.365. The Labute approximate surface area is 204 Å². The number of hydrogen-bond acceptors (Lipinski definition) is 5. The molecule has 0 saturated heterocycles. The van der Waals surface area contributed by atoms with Crippen molar-refractivity contribution in [2.24, 2.45) is 10.7 Å². The lowest BCUT2D eigenvalue weighted by molar-refractivity contribution is -0.116. The van der Waals surface area contributed by atoms with E-state index in [1.807, 2.05) is 56.3 Å². The van der Waals surface area contributed by atoms with E-state index in [4.69, 9.17) is 5.73 Å². The topological polar surface area (TPSA) is 101 Å². The number of nitrogens with zero attached hydrogens (tertiary/aromatic N) is 3. The van der Waals surface area contributed by atoms with Crippen molar-refractivity contribution in [2.45, 2.75) is 26.3 Å². The molecule has 2 heterocycles. The van der Waals surface area contributed by atoms with Crippen molar-refractivity contribution in [1.29, 1.82) is 0 Å². The number of nitrogens with two attached hydrogens (primary N) is 1. The highest BCUT2D eigenvalue weighted by atomic mass is 16.2. The van der Waals surface area contributed by atoms with Crippen LogP contribution in [-0.2, 0) is 11.2 Å². The van der Waals surface area contributed by atoms with Crippen molar-refractivity contribution >= 4 is 29.4 Å². The summed E-state index contributed by atoms with van der Waals surface area (Å²) in [4.78, 5) is 36.4. The van der Waals surface area contributed by atoms with Crippen LogP contribution < -0.4 is 16.0 Å². The van der Waals surface area contributed by atoms with Gasteiger partial charge in [-0.3, -0.25) is 24.5 Å². The summed E-state index contributed by atoms with van der Waals surface area (Å²) in [6, 6.07) is 16.6. The van der Waals surface area contributed by atoms with E-state index in [2.05, 4.69) is 21.9 Å². The molecule has 0 radical (unpaired) electrons. The summed E-state index contributed by atoms with van der Waals surface area (Å²) < 4.78 is 0. The summed E-state index contributed by atoms with van der Waals surface area (Å²) in [6.45, 7) is 7.75. The van der Waals surface area contributed by atoms with E-state index in [0.717, 1.165) is 22.4 Å². The monoisotopic (exact) mass is 465 g/mol. The molecular formula is C28H27N5O2. The third-order valence-corrected chi connectivity index (χ3v) is 5.79. The lowest BCUT2D eigenvalue weighted by Gasteiger charge is -2.20. The van der Waals surface area contributed by atoms with Gasteiger partial charge < -0.3 is 11.1 Å². The van der Waals surface area contributed by atoms with Gasteiger partial charge in [0.2, 0.25) is 5.91 Å². The number of benzene rings is 2. The molecule has 35 heavy (non-hydrogen) atoms. The summed E-state index contributed by atoms with van der Waals surface area (Å²) in [5.41, 5.74) is 11.2. The fraction of sp³-hybridized carbons (Fsp3) is 0.143. The van der Waals surface area contributed by atoms with Crippen LogP contribution in [0.4, 0.5) is 11.4 Å². The summed E-state index contributed by atoms with van der Waals surface area (Å²) in [7, 11) is 0. The van der Waals surface area contributed by atoms with Gasteiger partial charge >= 0.3 is 0 Å². The molecule has 1 atom stereocenters. The van der Waals surface area contributed by atoms with Crippen molar-refractivity contribution in [3.63, 3.8) is 0 Å². The first-order chi connectivity index (χ1) is 16.9. The predicted octanol–water partition coefficient (Wildman–Crippen LogP) is 4.45. The second kappa shape index (κ2) is 10.2. The van der Waals surface area contributed by atoms with E-state index in [-0.39, 0.29) is 17.9 Å². The van der Waals surface area contributed by atoms with Gasteiger partial charge in [-0.15, -0.1) is 0 Å². The molecule has 2 aromatic carbocycles. The number of hydrogen-bond donors (Lipinski definition) is 2.